The third-order valence-electron chi connectivity index (χ3n) is 3.89. The largest absolute Gasteiger partial charge is 0.332 e. The van der Waals surface area contributed by atoms with Crippen LogP contribution in [0.2, 0.25) is 0 Å². The average Bonchev–Trinajstić information content (AvgIpc) is 3.04. The molecule has 0 N–H and O–H groups in total. The zero-order valence-corrected chi connectivity index (χ0v) is 12.8. The predicted molar refractivity (Wildman–Crippen MR) is 85.5 cm³/mol. The van der Waals surface area contributed by atoms with Crippen molar-refractivity contribution >= 4 is 17.7 Å². The molecule has 1 aromatic carbocycles. The van der Waals surface area contributed by atoms with Crippen LogP contribution in [0.5, 0.6) is 0 Å². The summed E-state index contributed by atoms with van der Waals surface area (Å²) >= 11 is 1.64. The first kappa shape index (κ1) is 14.1. The van der Waals surface area contributed by atoms with Gasteiger partial charge in [0.05, 0.1) is 6.04 Å². The lowest BCUT2D eigenvalue weighted by Gasteiger charge is -2.26. The SMILES string of the molecule is CSc1ncccc1C1CCCN1C(=O)c1ccccc1. The molecular weight excluding hydrogens is 280 g/mol. The highest BCUT2D eigenvalue weighted by atomic mass is 32.2. The van der Waals surface area contributed by atoms with Crippen LogP contribution in [0.1, 0.15) is 34.8 Å². The van der Waals surface area contributed by atoms with Crippen molar-refractivity contribution in [1.29, 1.82) is 0 Å². The van der Waals surface area contributed by atoms with E-state index >= 15 is 0 Å². The predicted octanol–water partition coefficient (Wildman–Crippen LogP) is 3.78. The summed E-state index contributed by atoms with van der Waals surface area (Å²) in [5, 5.41) is 1.02. The quantitative estimate of drug-likeness (QED) is 0.809. The van der Waals surface area contributed by atoms with Gasteiger partial charge in [0.25, 0.3) is 5.91 Å². The van der Waals surface area contributed by atoms with E-state index in [9.17, 15) is 4.79 Å². The second kappa shape index (κ2) is 6.31. The first-order valence-electron chi connectivity index (χ1n) is 7.16. The Hall–Kier alpha value is -1.81. The van der Waals surface area contributed by atoms with Gasteiger partial charge in [-0.05, 0) is 37.3 Å². The average molecular weight is 298 g/mol. The molecule has 1 aliphatic rings. The Kier molecular flexibility index (Phi) is 4.25. The summed E-state index contributed by atoms with van der Waals surface area (Å²) in [6.07, 6.45) is 5.90. The lowest BCUT2D eigenvalue weighted by molar-refractivity contribution is 0.0733. The summed E-state index contributed by atoms with van der Waals surface area (Å²) in [4.78, 5) is 19.2. The number of pyridine rings is 1. The van der Waals surface area contributed by atoms with Crippen LogP contribution in [-0.2, 0) is 0 Å². The number of benzene rings is 1. The number of hydrogen-bond acceptors (Lipinski definition) is 3. The van der Waals surface area contributed by atoms with Gasteiger partial charge >= 0.3 is 0 Å². The molecule has 1 aromatic heterocycles. The molecule has 1 unspecified atom stereocenters. The van der Waals surface area contributed by atoms with Crippen molar-refractivity contribution in [2.24, 2.45) is 0 Å². The van der Waals surface area contributed by atoms with Crippen molar-refractivity contribution in [3.05, 3.63) is 59.8 Å². The van der Waals surface area contributed by atoms with Gasteiger partial charge in [-0.15, -0.1) is 11.8 Å². The molecular formula is C17H18N2OS. The lowest BCUT2D eigenvalue weighted by atomic mass is 10.1. The number of thioether (sulfide) groups is 1. The second-order valence-electron chi connectivity index (χ2n) is 5.12. The second-order valence-corrected chi connectivity index (χ2v) is 5.92. The summed E-state index contributed by atoms with van der Waals surface area (Å²) in [6, 6.07) is 13.7. The number of amides is 1. The molecule has 3 rings (SSSR count). The summed E-state index contributed by atoms with van der Waals surface area (Å²) < 4.78 is 0. The van der Waals surface area contributed by atoms with E-state index in [0.717, 1.165) is 30.0 Å². The highest BCUT2D eigenvalue weighted by Crippen LogP contribution is 2.36. The van der Waals surface area contributed by atoms with Crippen LogP contribution in [0, 0.1) is 0 Å². The Bertz CT molecular complexity index is 630. The Balaban J connectivity index is 1.91. The van der Waals surface area contributed by atoms with Crippen LogP contribution < -0.4 is 0 Å². The molecule has 0 saturated carbocycles. The first-order chi connectivity index (χ1) is 10.3. The topological polar surface area (TPSA) is 33.2 Å². The van der Waals surface area contributed by atoms with E-state index in [4.69, 9.17) is 0 Å². The normalized spacial score (nSPS) is 18.0. The maximum Gasteiger partial charge on any atom is 0.254 e. The molecule has 108 valence electrons. The molecule has 21 heavy (non-hydrogen) atoms. The Morgan fingerprint density at radius 1 is 1.24 bits per heavy atom. The van der Waals surface area contributed by atoms with E-state index in [1.165, 1.54) is 5.56 Å². The minimum absolute atomic E-state index is 0.119. The highest BCUT2D eigenvalue weighted by Gasteiger charge is 2.32. The number of likely N-dealkylation sites (tertiary alicyclic amines) is 1. The summed E-state index contributed by atoms with van der Waals surface area (Å²) in [5.74, 6) is 0.119. The maximum atomic E-state index is 12.7. The van der Waals surface area contributed by atoms with Crippen LogP contribution in [0.3, 0.4) is 0 Å². The summed E-state index contributed by atoms with van der Waals surface area (Å²) in [6.45, 7) is 0.821. The summed E-state index contributed by atoms with van der Waals surface area (Å²) in [7, 11) is 0. The Morgan fingerprint density at radius 3 is 2.81 bits per heavy atom. The van der Waals surface area contributed by atoms with Crippen molar-refractivity contribution in [3.63, 3.8) is 0 Å². The van der Waals surface area contributed by atoms with Gasteiger partial charge < -0.3 is 4.90 Å². The molecule has 0 spiro atoms. The maximum absolute atomic E-state index is 12.7. The number of carbonyl (C=O) groups is 1. The third-order valence-corrected chi connectivity index (χ3v) is 4.62. The third kappa shape index (κ3) is 2.81. The molecule has 4 heteroatoms. The number of hydrogen-bond donors (Lipinski definition) is 0. The van der Waals surface area contributed by atoms with Crippen LogP contribution in [0.25, 0.3) is 0 Å². The van der Waals surface area contributed by atoms with E-state index in [1.807, 2.05) is 53.8 Å². The Labute approximate surface area is 129 Å². The molecule has 0 aliphatic carbocycles. The lowest BCUT2D eigenvalue weighted by Crippen LogP contribution is -2.30. The molecule has 1 atom stereocenters. The zero-order chi connectivity index (χ0) is 14.7. The molecule has 3 nitrogen and oxygen atoms in total. The number of nitrogens with zero attached hydrogens (tertiary/aromatic N) is 2. The number of carbonyl (C=O) groups excluding carboxylic acids is 1. The van der Waals surface area contributed by atoms with Gasteiger partial charge in [0, 0.05) is 23.9 Å². The van der Waals surface area contributed by atoms with Crippen molar-refractivity contribution in [1.82, 2.24) is 9.88 Å². The fourth-order valence-corrected chi connectivity index (χ4v) is 3.51. The smallest absolute Gasteiger partial charge is 0.254 e. The van der Waals surface area contributed by atoms with Crippen LogP contribution in [0.15, 0.2) is 53.7 Å². The standard InChI is InChI=1S/C17H18N2OS/c1-21-16-14(9-5-11-18-16)15-10-6-12-19(15)17(20)13-7-3-2-4-8-13/h2-5,7-9,11,15H,6,10,12H2,1H3. The molecule has 0 bridgehead atoms. The van der Waals surface area contributed by atoms with Crippen molar-refractivity contribution < 1.29 is 4.79 Å². The van der Waals surface area contributed by atoms with Gasteiger partial charge in [-0.25, -0.2) is 4.98 Å². The molecule has 0 radical (unpaired) electrons. The van der Waals surface area contributed by atoms with E-state index in [2.05, 4.69) is 11.1 Å². The van der Waals surface area contributed by atoms with Gasteiger partial charge in [-0.2, -0.15) is 0 Å². The highest BCUT2D eigenvalue weighted by molar-refractivity contribution is 7.98. The van der Waals surface area contributed by atoms with E-state index in [1.54, 1.807) is 11.8 Å². The number of aromatic nitrogens is 1. The van der Waals surface area contributed by atoms with Crippen LogP contribution in [0.4, 0.5) is 0 Å². The minimum Gasteiger partial charge on any atom is -0.332 e. The van der Waals surface area contributed by atoms with Crippen LogP contribution >= 0.6 is 11.8 Å². The first-order valence-corrected chi connectivity index (χ1v) is 8.38. The minimum atomic E-state index is 0.119. The fraction of sp³-hybridized carbons (Fsp3) is 0.294. The molecule has 1 aliphatic heterocycles. The van der Waals surface area contributed by atoms with Gasteiger partial charge in [0.1, 0.15) is 5.03 Å². The van der Waals surface area contributed by atoms with Crippen LogP contribution in [-0.4, -0.2) is 28.6 Å². The molecule has 1 amide bonds. The van der Waals surface area contributed by atoms with Crippen molar-refractivity contribution in [2.45, 2.75) is 23.9 Å². The fourth-order valence-electron chi connectivity index (χ4n) is 2.91. The van der Waals surface area contributed by atoms with Gasteiger partial charge in [-0.1, -0.05) is 24.3 Å². The van der Waals surface area contributed by atoms with Gasteiger partial charge in [0.2, 0.25) is 0 Å². The van der Waals surface area contributed by atoms with Crippen molar-refractivity contribution in [3.8, 4) is 0 Å². The summed E-state index contributed by atoms with van der Waals surface area (Å²) in [5.41, 5.74) is 1.94. The van der Waals surface area contributed by atoms with Gasteiger partial charge in [0.15, 0.2) is 0 Å². The monoisotopic (exact) mass is 298 g/mol. The van der Waals surface area contributed by atoms with E-state index < -0.39 is 0 Å². The Morgan fingerprint density at radius 2 is 2.05 bits per heavy atom. The van der Waals surface area contributed by atoms with E-state index in [-0.39, 0.29) is 11.9 Å². The van der Waals surface area contributed by atoms with E-state index in [0.29, 0.717) is 0 Å². The number of rotatable bonds is 3. The molecule has 2 aromatic rings. The molecule has 2 heterocycles. The van der Waals surface area contributed by atoms with Crippen molar-refractivity contribution in [2.75, 3.05) is 12.8 Å². The van der Waals surface area contributed by atoms with Gasteiger partial charge in [-0.3, -0.25) is 4.79 Å². The molecule has 1 saturated heterocycles. The molecule has 1 fully saturated rings. The zero-order valence-electron chi connectivity index (χ0n) is 12.0.